The second-order valence-corrected chi connectivity index (χ2v) is 8.80. The molecule has 3 aromatic heterocycles. The Labute approximate surface area is 209 Å². The van der Waals surface area contributed by atoms with E-state index in [1.165, 1.54) is 4.68 Å². The molecule has 0 aliphatic heterocycles. The molecule has 0 radical (unpaired) electrons. The second kappa shape index (κ2) is 10.5. The fourth-order valence-corrected chi connectivity index (χ4v) is 4.16. The second-order valence-electron chi connectivity index (χ2n) is 8.80. The molecule has 36 heavy (non-hydrogen) atoms. The van der Waals surface area contributed by atoms with Crippen LogP contribution < -0.4 is 22.0 Å². The molecule has 0 aliphatic rings. The average molecular weight is 487 g/mol. The van der Waals surface area contributed by atoms with Gasteiger partial charge in [0.1, 0.15) is 17.3 Å². The number of nitrogens with two attached hydrogens (primary N) is 1. The molecule has 9 heteroatoms. The SMILES string of the molecule is Cc1cc(N)nc(C)c1CNC(=O)Cc1c(C)ccn(NCc2c(-c3ccccc3)noc2C)c1=O. The maximum Gasteiger partial charge on any atom is 0.272 e. The minimum atomic E-state index is -0.276. The van der Waals surface area contributed by atoms with Crippen LogP contribution in [0, 0.1) is 27.7 Å². The summed E-state index contributed by atoms with van der Waals surface area (Å²) in [6.45, 7) is 8.10. The van der Waals surface area contributed by atoms with Crippen molar-refractivity contribution in [3.8, 4) is 11.3 Å². The summed E-state index contributed by atoms with van der Waals surface area (Å²) in [5.74, 6) is 0.874. The van der Waals surface area contributed by atoms with Gasteiger partial charge >= 0.3 is 0 Å². The Bertz CT molecular complexity index is 1430. The number of pyridine rings is 2. The van der Waals surface area contributed by atoms with E-state index in [0.29, 0.717) is 30.2 Å². The van der Waals surface area contributed by atoms with E-state index in [0.717, 1.165) is 39.2 Å². The Morgan fingerprint density at radius 1 is 1.00 bits per heavy atom. The largest absolute Gasteiger partial charge is 0.384 e. The summed E-state index contributed by atoms with van der Waals surface area (Å²) in [4.78, 5) is 30.2. The first-order chi connectivity index (χ1) is 17.2. The first-order valence-electron chi connectivity index (χ1n) is 11.7. The van der Waals surface area contributed by atoms with Gasteiger partial charge in [-0.2, -0.15) is 0 Å². The van der Waals surface area contributed by atoms with Gasteiger partial charge in [-0.1, -0.05) is 35.5 Å². The van der Waals surface area contributed by atoms with Crippen molar-refractivity contribution in [1.82, 2.24) is 20.1 Å². The highest BCUT2D eigenvalue weighted by Gasteiger charge is 2.17. The van der Waals surface area contributed by atoms with E-state index in [1.54, 1.807) is 12.3 Å². The van der Waals surface area contributed by atoms with E-state index in [1.807, 2.05) is 64.1 Å². The van der Waals surface area contributed by atoms with Gasteiger partial charge in [0, 0.05) is 35.1 Å². The third kappa shape index (κ3) is 5.30. The minimum Gasteiger partial charge on any atom is -0.384 e. The number of nitrogen functional groups attached to an aromatic ring is 1. The van der Waals surface area contributed by atoms with Crippen LogP contribution in [0.3, 0.4) is 0 Å². The summed E-state index contributed by atoms with van der Waals surface area (Å²) in [6.07, 6.45) is 1.63. The van der Waals surface area contributed by atoms with Gasteiger partial charge in [0.15, 0.2) is 0 Å². The fourth-order valence-electron chi connectivity index (χ4n) is 4.16. The highest BCUT2D eigenvalue weighted by atomic mass is 16.5. The summed E-state index contributed by atoms with van der Waals surface area (Å²) in [5, 5.41) is 7.09. The van der Waals surface area contributed by atoms with Gasteiger partial charge in [0.25, 0.3) is 5.56 Å². The lowest BCUT2D eigenvalue weighted by molar-refractivity contribution is -0.120. The van der Waals surface area contributed by atoms with E-state index in [4.69, 9.17) is 10.3 Å². The summed E-state index contributed by atoms with van der Waals surface area (Å²) in [7, 11) is 0. The van der Waals surface area contributed by atoms with Crippen molar-refractivity contribution in [2.45, 2.75) is 47.2 Å². The number of hydrogen-bond acceptors (Lipinski definition) is 7. The molecular weight excluding hydrogens is 456 g/mol. The van der Waals surface area contributed by atoms with Crippen molar-refractivity contribution in [2.24, 2.45) is 0 Å². The molecule has 0 aliphatic carbocycles. The topological polar surface area (TPSA) is 128 Å². The lowest BCUT2D eigenvalue weighted by Gasteiger charge is -2.14. The van der Waals surface area contributed by atoms with Crippen LogP contribution >= 0.6 is 0 Å². The number of aryl methyl sites for hydroxylation is 4. The van der Waals surface area contributed by atoms with Gasteiger partial charge in [-0.3, -0.25) is 9.59 Å². The summed E-state index contributed by atoms with van der Waals surface area (Å²) >= 11 is 0. The number of carbonyl (C=O) groups is 1. The predicted molar refractivity (Wildman–Crippen MR) is 139 cm³/mol. The maximum atomic E-state index is 13.2. The van der Waals surface area contributed by atoms with Crippen molar-refractivity contribution in [1.29, 1.82) is 0 Å². The number of nitrogens with zero attached hydrogens (tertiary/aromatic N) is 3. The Balaban J connectivity index is 1.47. The molecule has 0 atom stereocenters. The van der Waals surface area contributed by atoms with E-state index < -0.39 is 0 Å². The number of aromatic nitrogens is 3. The van der Waals surface area contributed by atoms with Crippen LogP contribution in [-0.2, 0) is 24.3 Å². The number of nitrogens with one attached hydrogen (secondary N) is 2. The summed E-state index contributed by atoms with van der Waals surface area (Å²) in [6, 6.07) is 13.3. The highest BCUT2D eigenvalue weighted by Crippen LogP contribution is 2.25. The molecule has 1 amide bonds. The van der Waals surface area contributed by atoms with Crippen molar-refractivity contribution in [3.63, 3.8) is 0 Å². The molecule has 3 heterocycles. The van der Waals surface area contributed by atoms with Crippen LogP contribution in [0.2, 0.25) is 0 Å². The van der Waals surface area contributed by atoms with Gasteiger partial charge in [-0.25, -0.2) is 9.66 Å². The molecule has 0 saturated heterocycles. The third-order valence-electron chi connectivity index (χ3n) is 6.26. The summed E-state index contributed by atoms with van der Waals surface area (Å²) < 4.78 is 6.81. The third-order valence-corrected chi connectivity index (χ3v) is 6.26. The first-order valence-corrected chi connectivity index (χ1v) is 11.7. The van der Waals surface area contributed by atoms with E-state index in [-0.39, 0.29) is 17.9 Å². The Morgan fingerprint density at radius 3 is 2.47 bits per heavy atom. The number of anilines is 1. The Morgan fingerprint density at radius 2 is 1.75 bits per heavy atom. The van der Waals surface area contributed by atoms with Crippen LogP contribution in [0.5, 0.6) is 0 Å². The van der Waals surface area contributed by atoms with Gasteiger partial charge in [-0.05, 0) is 56.5 Å². The molecule has 9 nitrogen and oxygen atoms in total. The summed E-state index contributed by atoms with van der Waals surface area (Å²) in [5.41, 5.74) is 15.0. The highest BCUT2D eigenvalue weighted by molar-refractivity contribution is 5.78. The van der Waals surface area contributed by atoms with Crippen molar-refractivity contribution in [3.05, 3.63) is 98.3 Å². The van der Waals surface area contributed by atoms with E-state index >= 15 is 0 Å². The monoisotopic (exact) mass is 486 g/mol. The molecule has 0 unspecified atom stereocenters. The zero-order chi connectivity index (χ0) is 25.8. The average Bonchev–Trinajstić information content (AvgIpc) is 3.21. The lowest BCUT2D eigenvalue weighted by atomic mass is 10.1. The van der Waals surface area contributed by atoms with Crippen LogP contribution in [0.4, 0.5) is 5.82 Å². The van der Waals surface area contributed by atoms with Gasteiger partial charge in [0.05, 0.1) is 13.0 Å². The number of benzene rings is 1. The standard InChI is InChI=1S/C27H30N6O3/c1-16-10-11-33(30-15-23-19(4)36-32-26(23)20-8-6-5-7-9-20)27(35)21(16)13-25(34)29-14-22-17(2)12-24(28)31-18(22)3/h5-12,30H,13-15H2,1-4H3,(H2,28,31)(H,29,34). The molecule has 0 fully saturated rings. The number of amides is 1. The Hall–Kier alpha value is -4.40. The van der Waals surface area contributed by atoms with Gasteiger partial charge in [-0.15, -0.1) is 0 Å². The molecular formula is C27H30N6O3. The van der Waals surface area contributed by atoms with Gasteiger partial charge < -0.3 is 21.0 Å². The zero-order valence-electron chi connectivity index (χ0n) is 20.9. The minimum absolute atomic E-state index is 0.0325. The molecule has 0 bridgehead atoms. The quantitative estimate of drug-likeness (QED) is 0.348. The van der Waals surface area contributed by atoms with Crippen molar-refractivity contribution < 1.29 is 9.32 Å². The molecule has 1 aromatic carbocycles. The molecule has 0 spiro atoms. The molecule has 4 rings (SSSR count). The molecule has 4 aromatic rings. The number of carbonyl (C=O) groups excluding carboxylic acids is 1. The molecule has 186 valence electrons. The van der Waals surface area contributed by atoms with Crippen LogP contribution in [0.25, 0.3) is 11.3 Å². The number of hydrogen-bond donors (Lipinski definition) is 3. The predicted octanol–water partition coefficient (Wildman–Crippen LogP) is 3.32. The normalized spacial score (nSPS) is 10.9. The zero-order valence-corrected chi connectivity index (χ0v) is 20.9. The maximum absolute atomic E-state index is 13.2. The number of rotatable bonds is 8. The smallest absolute Gasteiger partial charge is 0.272 e. The van der Waals surface area contributed by atoms with E-state index in [9.17, 15) is 9.59 Å². The molecule has 4 N–H and O–H groups in total. The van der Waals surface area contributed by atoms with Gasteiger partial charge in [0.2, 0.25) is 5.91 Å². The lowest BCUT2D eigenvalue weighted by Crippen LogP contribution is -2.34. The fraction of sp³-hybridized carbons (Fsp3) is 0.259. The van der Waals surface area contributed by atoms with Crippen LogP contribution in [0.1, 0.15) is 39.3 Å². The van der Waals surface area contributed by atoms with Crippen molar-refractivity contribution >= 4 is 11.7 Å². The van der Waals surface area contributed by atoms with E-state index in [2.05, 4.69) is 20.9 Å². The first kappa shape index (κ1) is 24.7. The molecule has 0 saturated carbocycles. The van der Waals surface area contributed by atoms with Crippen LogP contribution in [0.15, 0.2) is 58.0 Å². The van der Waals surface area contributed by atoms with Crippen LogP contribution in [-0.4, -0.2) is 20.7 Å². The van der Waals surface area contributed by atoms with Crippen molar-refractivity contribution in [2.75, 3.05) is 11.2 Å². The Kier molecular flexibility index (Phi) is 7.19.